The van der Waals surface area contributed by atoms with Gasteiger partial charge in [-0.25, -0.2) is 0 Å². The molecule has 4 saturated carbocycles. The molecule has 234 valence electrons. The minimum Gasteiger partial charge on any atom is -0.462 e. The zero-order valence-corrected chi connectivity index (χ0v) is 26.5. The Bertz CT molecular complexity index is 938. The molecule has 2 amide bonds. The molecule has 0 aromatic carbocycles. The van der Waals surface area contributed by atoms with E-state index in [1.807, 2.05) is 0 Å². The molecule has 0 spiro atoms. The lowest BCUT2D eigenvalue weighted by Crippen LogP contribution is -2.54. The van der Waals surface area contributed by atoms with E-state index in [0.717, 1.165) is 54.8 Å². The largest absolute Gasteiger partial charge is 0.462 e. The topological polar surface area (TPSA) is 119 Å². The van der Waals surface area contributed by atoms with Crippen LogP contribution in [0.1, 0.15) is 125 Å². The Hall–Kier alpha value is -1.63. The fourth-order valence-electron chi connectivity index (χ4n) is 10.3. The van der Waals surface area contributed by atoms with E-state index in [4.69, 9.17) is 15.6 Å². The van der Waals surface area contributed by atoms with Crippen LogP contribution in [0.5, 0.6) is 0 Å². The number of fused-ring (bicyclic) bond motifs is 5. The van der Waals surface area contributed by atoms with Gasteiger partial charge in [0.25, 0.3) is 0 Å². The van der Waals surface area contributed by atoms with E-state index in [2.05, 4.69) is 39.9 Å². The van der Waals surface area contributed by atoms with E-state index >= 15 is 0 Å². The third-order valence-electron chi connectivity index (χ3n) is 12.5. The van der Waals surface area contributed by atoms with Gasteiger partial charge in [-0.3, -0.25) is 14.4 Å². The van der Waals surface area contributed by atoms with Crippen molar-refractivity contribution >= 4 is 17.8 Å². The molecule has 4 aliphatic carbocycles. The van der Waals surface area contributed by atoms with Crippen LogP contribution in [0.2, 0.25) is 0 Å². The summed E-state index contributed by atoms with van der Waals surface area (Å²) >= 11 is 0. The fourth-order valence-corrected chi connectivity index (χ4v) is 10.3. The first-order chi connectivity index (χ1) is 19.4. The number of hydrogen-bond acceptors (Lipinski definition) is 5. The van der Waals surface area contributed by atoms with Crippen molar-refractivity contribution in [2.24, 2.45) is 58.0 Å². The molecule has 0 unspecified atom stereocenters. The molecule has 0 aromatic heterocycles. The Labute approximate surface area is 248 Å². The predicted octanol–water partition coefficient (Wildman–Crippen LogP) is 5.76. The van der Waals surface area contributed by atoms with Crippen molar-refractivity contribution in [1.29, 1.82) is 0 Å². The van der Waals surface area contributed by atoms with Crippen molar-refractivity contribution in [3.05, 3.63) is 0 Å². The van der Waals surface area contributed by atoms with Crippen molar-refractivity contribution in [3.63, 3.8) is 0 Å². The number of aliphatic hydroxyl groups excluding tert-OH is 1. The smallest absolute Gasteiger partial charge is 0.308 e. The van der Waals surface area contributed by atoms with Crippen molar-refractivity contribution in [1.82, 2.24) is 5.32 Å². The summed E-state index contributed by atoms with van der Waals surface area (Å²) in [6.07, 6.45) is 14.5. The molecule has 0 radical (unpaired) electrons. The number of nitrogens with one attached hydrogen (secondary N) is 1. The molecule has 0 aliphatic heterocycles. The first-order valence-electron chi connectivity index (χ1n) is 16.8. The Morgan fingerprint density at radius 2 is 1.66 bits per heavy atom. The highest BCUT2D eigenvalue weighted by atomic mass is 16.5. The summed E-state index contributed by atoms with van der Waals surface area (Å²) < 4.78 is 5.87. The zero-order valence-electron chi connectivity index (χ0n) is 26.5. The van der Waals surface area contributed by atoms with E-state index in [-0.39, 0.29) is 25.6 Å². The number of primary amides is 1. The maximum atomic E-state index is 12.7. The maximum Gasteiger partial charge on any atom is 0.308 e. The summed E-state index contributed by atoms with van der Waals surface area (Å²) in [6, 6.07) is -1.12. The third-order valence-corrected chi connectivity index (χ3v) is 12.5. The van der Waals surface area contributed by atoms with E-state index in [0.29, 0.717) is 16.7 Å². The molecule has 4 rings (SSSR count). The Morgan fingerprint density at radius 3 is 2.34 bits per heavy atom. The lowest BCUT2D eigenvalue weighted by Gasteiger charge is -2.61. The van der Waals surface area contributed by atoms with Crippen LogP contribution in [0.4, 0.5) is 0 Å². The van der Waals surface area contributed by atoms with Gasteiger partial charge in [-0.05, 0) is 110 Å². The quantitative estimate of drug-likeness (QED) is 0.256. The van der Waals surface area contributed by atoms with Gasteiger partial charge in [-0.1, -0.05) is 53.9 Å². The summed E-state index contributed by atoms with van der Waals surface area (Å²) in [6.45, 7) is 12.1. The van der Waals surface area contributed by atoms with Crippen LogP contribution >= 0.6 is 0 Å². The second-order valence-corrected chi connectivity index (χ2v) is 15.3. The summed E-state index contributed by atoms with van der Waals surface area (Å²) in [5.74, 6) is 3.76. The number of carbonyl (C=O) groups excluding carboxylic acids is 3. The second kappa shape index (κ2) is 13.3. The average molecular weight is 575 g/mol. The molecule has 7 nitrogen and oxygen atoms in total. The van der Waals surface area contributed by atoms with Crippen LogP contribution in [0.15, 0.2) is 0 Å². The molecule has 7 heteroatoms. The van der Waals surface area contributed by atoms with Gasteiger partial charge in [0.2, 0.25) is 11.8 Å². The van der Waals surface area contributed by atoms with Gasteiger partial charge in [-0.15, -0.1) is 0 Å². The van der Waals surface area contributed by atoms with Gasteiger partial charge in [0.05, 0.1) is 13.0 Å². The maximum absolute atomic E-state index is 12.7. The monoisotopic (exact) mass is 574 g/mol. The van der Waals surface area contributed by atoms with Crippen molar-refractivity contribution in [2.75, 3.05) is 6.61 Å². The van der Waals surface area contributed by atoms with Crippen LogP contribution in [0.3, 0.4) is 0 Å². The Kier molecular flexibility index (Phi) is 10.5. The molecule has 4 N–H and O–H groups in total. The number of rotatable bonds is 12. The average Bonchev–Trinajstić information content (AvgIpc) is 3.25. The van der Waals surface area contributed by atoms with Gasteiger partial charge in [0.1, 0.15) is 12.1 Å². The Morgan fingerprint density at radius 1 is 0.951 bits per heavy atom. The van der Waals surface area contributed by atoms with Gasteiger partial charge >= 0.3 is 5.97 Å². The standard InChI is InChI=1S/C34H58N2O5/c1-21(2)7-6-8-22(3)26-11-12-27-25-10-9-23-19-24(13-16-33(23,4)28(25)14-17-34(26,27)5)41-31(39)20-29(32(35)40)36-30(38)15-18-37/h21-29,37H,6-20H2,1-5H3,(H2,35,40)(H,36,38)/t22-,23+,24+,25+,26-,27+,28+,29+,33+,34-/m1/s1. The summed E-state index contributed by atoms with van der Waals surface area (Å²) in [7, 11) is 0. The van der Waals surface area contributed by atoms with Crippen LogP contribution in [0, 0.1) is 52.3 Å². The van der Waals surface area contributed by atoms with Crippen molar-refractivity contribution in [3.8, 4) is 0 Å². The van der Waals surface area contributed by atoms with Crippen LogP contribution < -0.4 is 11.1 Å². The van der Waals surface area contributed by atoms with Gasteiger partial charge in [0.15, 0.2) is 0 Å². The number of esters is 1. The minimum absolute atomic E-state index is 0.137. The minimum atomic E-state index is -1.12. The SMILES string of the molecule is CC(C)CCC[C@@H](C)[C@H]1CC[C@H]2[C@@H]3CC[C@H]4C[C@@H](OC(=O)C[C@H](NC(=O)CCO)C(N)=O)CC[C@]4(C)[C@H]3CC[C@]12C. The predicted molar refractivity (Wildman–Crippen MR) is 160 cm³/mol. The lowest BCUT2D eigenvalue weighted by atomic mass is 9.44. The van der Waals surface area contributed by atoms with Gasteiger partial charge < -0.3 is 20.9 Å². The highest BCUT2D eigenvalue weighted by Crippen LogP contribution is 2.68. The van der Waals surface area contributed by atoms with E-state index < -0.39 is 23.8 Å². The number of hydrogen-bond donors (Lipinski definition) is 3. The molecule has 0 aromatic rings. The first kappa shape index (κ1) is 32.3. The summed E-state index contributed by atoms with van der Waals surface area (Å²) in [4.78, 5) is 36.4. The fraction of sp³-hybridized carbons (Fsp3) is 0.912. The van der Waals surface area contributed by atoms with Crippen LogP contribution in [-0.2, 0) is 19.1 Å². The molecule has 0 saturated heterocycles. The zero-order chi connectivity index (χ0) is 29.9. The third kappa shape index (κ3) is 6.96. The van der Waals surface area contributed by atoms with Gasteiger partial charge in [0, 0.05) is 6.42 Å². The van der Waals surface area contributed by atoms with Crippen LogP contribution in [0.25, 0.3) is 0 Å². The van der Waals surface area contributed by atoms with Crippen molar-refractivity contribution in [2.45, 2.75) is 137 Å². The van der Waals surface area contributed by atoms with E-state index in [9.17, 15) is 14.4 Å². The first-order valence-corrected chi connectivity index (χ1v) is 16.8. The molecule has 4 fully saturated rings. The van der Waals surface area contributed by atoms with E-state index in [1.165, 1.54) is 57.8 Å². The number of amides is 2. The number of nitrogens with two attached hydrogens (primary N) is 1. The molecule has 0 heterocycles. The summed E-state index contributed by atoms with van der Waals surface area (Å²) in [5, 5.41) is 11.4. The lowest BCUT2D eigenvalue weighted by molar-refractivity contribution is -0.163. The van der Waals surface area contributed by atoms with E-state index in [1.54, 1.807) is 0 Å². The number of aliphatic hydroxyl groups is 1. The number of ether oxygens (including phenoxy) is 1. The molecule has 41 heavy (non-hydrogen) atoms. The highest BCUT2D eigenvalue weighted by Gasteiger charge is 2.60. The second-order valence-electron chi connectivity index (χ2n) is 15.3. The molecule has 10 atom stereocenters. The molecule has 4 aliphatic rings. The van der Waals surface area contributed by atoms with Crippen molar-refractivity contribution < 1.29 is 24.2 Å². The molecule has 0 bridgehead atoms. The number of carbonyl (C=O) groups is 3. The highest BCUT2D eigenvalue weighted by molar-refractivity contribution is 5.90. The molecular weight excluding hydrogens is 516 g/mol. The Balaban J connectivity index is 1.33. The molecular formula is C34H58N2O5. The van der Waals surface area contributed by atoms with Crippen LogP contribution in [-0.4, -0.2) is 41.6 Å². The normalized spacial score (nSPS) is 37.8. The summed E-state index contributed by atoms with van der Waals surface area (Å²) in [5.41, 5.74) is 6.21. The van der Waals surface area contributed by atoms with Gasteiger partial charge in [-0.2, -0.15) is 0 Å².